The van der Waals surface area contributed by atoms with Crippen LogP contribution in [0.4, 0.5) is 0 Å². The first-order chi connectivity index (χ1) is 9.52. The molecule has 0 atom stereocenters. The van der Waals surface area contributed by atoms with E-state index in [1.807, 2.05) is 0 Å². The third-order valence-corrected chi connectivity index (χ3v) is 3.17. The van der Waals surface area contributed by atoms with Gasteiger partial charge in [0.2, 0.25) is 5.91 Å². The van der Waals surface area contributed by atoms with Gasteiger partial charge in [-0.2, -0.15) is 0 Å². The number of carbonyl (C=O) groups excluding carboxylic acids is 2. The number of nitrogens with one attached hydrogen (secondary N) is 1. The van der Waals surface area contributed by atoms with Crippen molar-refractivity contribution < 1.29 is 29.0 Å². The highest BCUT2D eigenvalue weighted by atomic mass is 16.5. The molecule has 0 unspecified atom stereocenters. The maximum absolute atomic E-state index is 11.5. The number of aliphatic carboxylic acids is 1. The first-order valence-corrected chi connectivity index (χ1v) is 6.78. The van der Waals surface area contributed by atoms with Gasteiger partial charge in [0.05, 0.1) is 12.5 Å². The SMILES string of the molecule is CCOC(=O)C1CCC(NC(=O)COCC(=O)O)CC1. The van der Waals surface area contributed by atoms with E-state index in [0.29, 0.717) is 32.3 Å². The van der Waals surface area contributed by atoms with Gasteiger partial charge in [0, 0.05) is 6.04 Å². The van der Waals surface area contributed by atoms with Crippen molar-refractivity contribution in [2.75, 3.05) is 19.8 Å². The van der Waals surface area contributed by atoms with Gasteiger partial charge >= 0.3 is 11.9 Å². The van der Waals surface area contributed by atoms with Gasteiger partial charge in [-0.3, -0.25) is 9.59 Å². The summed E-state index contributed by atoms with van der Waals surface area (Å²) in [6.45, 7) is 1.42. The Bertz CT molecular complexity index is 349. The van der Waals surface area contributed by atoms with Crippen molar-refractivity contribution >= 4 is 17.8 Å². The minimum atomic E-state index is -1.10. The van der Waals surface area contributed by atoms with Crippen molar-refractivity contribution in [2.24, 2.45) is 5.92 Å². The summed E-state index contributed by atoms with van der Waals surface area (Å²) in [5.74, 6) is -1.67. The number of hydrogen-bond acceptors (Lipinski definition) is 5. The molecule has 0 aromatic carbocycles. The summed E-state index contributed by atoms with van der Waals surface area (Å²) in [6, 6.07) is 0.0154. The Labute approximate surface area is 117 Å². The molecule has 114 valence electrons. The van der Waals surface area contributed by atoms with Gasteiger partial charge in [-0.05, 0) is 32.6 Å². The van der Waals surface area contributed by atoms with Crippen molar-refractivity contribution in [1.29, 1.82) is 0 Å². The Morgan fingerprint density at radius 1 is 1.15 bits per heavy atom. The zero-order valence-electron chi connectivity index (χ0n) is 11.6. The van der Waals surface area contributed by atoms with Crippen molar-refractivity contribution in [1.82, 2.24) is 5.32 Å². The summed E-state index contributed by atoms with van der Waals surface area (Å²) in [4.78, 5) is 33.3. The van der Waals surface area contributed by atoms with E-state index in [0.717, 1.165) is 0 Å². The smallest absolute Gasteiger partial charge is 0.329 e. The summed E-state index contributed by atoms with van der Waals surface area (Å²) in [5, 5.41) is 11.1. The molecule has 0 aromatic heterocycles. The minimum absolute atomic E-state index is 0.0154. The molecule has 2 N–H and O–H groups in total. The molecule has 0 radical (unpaired) electrons. The lowest BCUT2D eigenvalue weighted by Gasteiger charge is -2.27. The van der Waals surface area contributed by atoms with Gasteiger partial charge in [-0.15, -0.1) is 0 Å². The molecule has 0 spiro atoms. The van der Waals surface area contributed by atoms with Crippen LogP contribution in [0.25, 0.3) is 0 Å². The lowest BCUT2D eigenvalue weighted by Crippen LogP contribution is -2.40. The lowest BCUT2D eigenvalue weighted by molar-refractivity contribution is -0.149. The Morgan fingerprint density at radius 3 is 2.35 bits per heavy atom. The number of hydrogen-bond donors (Lipinski definition) is 2. The Morgan fingerprint density at radius 2 is 1.80 bits per heavy atom. The highest BCUT2D eigenvalue weighted by Gasteiger charge is 2.27. The standard InChI is InChI=1S/C13H21NO6/c1-2-20-13(18)9-3-5-10(6-4-9)14-11(15)7-19-8-12(16)17/h9-10H,2-8H2,1H3,(H,14,15)(H,16,17). The van der Waals surface area contributed by atoms with E-state index >= 15 is 0 Å². The van der Waals surface area contributed by atoms with Crippen LogP contribution in [-0.4, -0.2) is 48.8 Å². The summed E-state index contributed by atoms with van der Waals surface area (Å²) in [7, 11) is 0. The normalized spacial score (nSPS) is 22.1. The van der Waals surface area contributed by atoms with E-state index in [1.54, 1.807) is 6.92 Å². The van der Waals surface area contributed by atoms with E-state index in [2.05, 4.69) is 5.32 Å². The molecule has 0 saturated heterocycles. The van der Waals surface area contributed by atoms with Crippen LogP contribution in [0.3, 0.4) is 0 Å². The maximum Gasteiger partial charge on any atom is 0.329 e. The molecular formula is C13H21NO6. The Balaban J connectivity index is 2.20. The average molecular weight is 287 g/mol. The van der Waals surface area contributed by atoms with E-state index in [9.17, 15) is 14.4 Å². The molecule has 0 heterocycles. The molecule has 20 heavy (non-hydrogen) atoms. The topological polar surface area (TPSA) is 102 Å². The predicted octanol–water partition coefficient (Wildman–Crippen LogP) is 0.326. The molecule has 1 aliphatic carbocycles. The van der Waals surface area contributed by atoms with Gasteiger partial charge < -0.3 is 19.9 Å². The highest BCUT2D eigenvalue weighted by molar-refractivity contribution is 5.78. The minimum Gasteiger partial charge on any atom is -0.480 e. The van der Waals surface area contributed by atoms with Crippen LogP contribution in [-0.2, 0) is 23.9 Å². The van der Waals surface area contributed by atoms with Crippen LogP contribution in [0, 0.1) is 5.92 Å². The first kappa shape index (κ1) is 16.4. The lowest BCUT2D eigenvalue weighted by atomic mass is 9.86. The van der Waals surface area contributed by atoms with Crippen LogP contribution in [0.15, 0.2) is 0 Å². The molecule has 1 rings (SSSR count). The first-order valence-electron chi connectivity index (χ1n) is 6.78. The van der Waals surface area contributed by atoms with Crippen LogP contribution in [0.5, 0.6) is 0 Å². The number of esters is 1. The van der Waals surface area contributed by atoms with Crippen molar-refractivity contribution in [3.63, 3.8) is 0 Å². The fourth-order valence-corrected chi connectivity index (χ4v) is 2.23. The molecule has 1 saturated carbocycles. The fraction of sp³-hybridized carbons (Fsp3) is 0.769. The van der Waals surface area contributed by atoms with Gasteiger partial charge in [0.1, 0.15) is 13.2 Å². The average Bonchev–Trinajstić information content (AvgIpc) is 2.39. The number of rotatable bonds is 7. The summed E-state index contributed by atoms with van der Waals surface area (Å²) in [5.41, 5.74) is 0. The summed E-state index contributed by atoms with van der Waals surface area (Å²) >= 11 is 0. The summed E-state index contributed by atoms with van der Waals surface area (Å²) in [6.07, 6.45) is 2.82. The molecule has 1 amide bonds. The zero-order valence-corrected chi connectivity index (χ0v) is 11.6. The molecule has 1 fully saturated rings. The number of carboxylic acid groups (broad SMARTS) is 1. The van der Waals surface area contributed by atoms with Crippen molar-refractivity contribution in [3.05, 3.63) is 0 Å². The molecule has 7 nitrogen and oxygen atoms in total. The van der Waals surface area contributed by atoms with E-state index in [4.69, 9.17) is 14.6 Å². The number of carbonyl (C=O) groups is 3. The van der Waals surface area contributed by atoms with Crippen LogP contribution in [0.2, 0.25) is 0 Å². The van der Waals surface area contributed by atoms with Crippen LogP contribution < -0.4 is 5.32 Å². The second-order valence-electron chi connectivity index (χ2n) is 4.75. The third-order valence-electron chi connectivity index (χ3n) is 3.17. The second kappa shape index (κ2) is 8.52. The van der Waals surface area contributed by atoms with Crippen LogP contribution in [0.1, 0.15) is 32.6 Å². The van der Waals surface area contributed by atoms with Crippen LogP contribution >= 0.6 is 0 Å². The third kappa shape index (κ3) is 6.01. The molecule has 1 aliphatic rings. The van der Waals surface area contributed by atoms with E-state index < -0.39 is 12.6 Å². The Hall–Kier alpha value is -1.63. The molecule has 0 aromatic rings. The van der Waals surface area contributed by atoms with Crippen molar-refractivity contribution in [2.45, 2.75) is 38.6 Å². The van der Waals surface area contributed by atoms with Crippen molar-refractivity contribution in [3.8, 4) is 0 Å². The Kier molecular flexibility index (Phi) is 7.00. The zero-order chi connectivity index (χ0) is 15.0. The van der Waals surface area contributed by atoms with E-state index in [1.165, 1.54) is 0 Å². The fourth-order valence-electron chi connectivity index (χ4n) is 2.23. The number of ether oxygens (including phenoxy) is 2. The summed E-state index contributed by atoms with van der Waals surface area (Å²) < 4.78 is 9.68. The quantitative estimate of drug-likeness (QED) is 0.654. The second-order valence-corrected chi connectivity index (χ2v) is 4.75. The van der Waals surface area contributed by atoms with Gasteiger partial charge in [0.15, 0.2) is 0 Å². The maximum atomic E-state index is 11.5. The molecule has 7 heteroatoms. The largest absolute Gasteiger partial charge is 0.480 e. The molecule has 0 aliphatic heterocycles. The van der Waals surface area contributed by atoms with Gasteiger partial charge in [-0.1, -0.05) is 0 Å². The van der Waals surface area contributed by atoms with Gasteiger partial charge in [-0.25, -0.2) is 4.79 Å². The number of carboxylic acids is 1. The predicted molar refractivity (Wildman–Crippen MR) is 69.0 cm³/mol. The molecule has 0 bridgehead atoms. The number of amides is 1. The van der Waals surface area contributed by atoms with Gasteiger partial charge in [0.25, 0.3) is 0 Å². The monoisotopic (exact) mass is 287 g/mol. The van der Waals surface area contributed by atoms with E-state index in [-0.39, 0.29) is 30.4 Å². The molecular weight excluding hydrogens is 266 g/mol. The highest BCUT2D eigenvalue weighted by Crippen LogP contribution is 2.25.